The molecule has 88 valence electrons. The van der Waals surface area contributed by atoms with Crippen LogP contribution in [0.2, 0.25) is 0 Å². The number of hydrogen-bond donors (Lipinski definition) is 1. The Kier molecular flexibility index (Phi) is 6.17. The van der Waals surface area contributed by atoms with Crippen LogP contribution in [0.15, 0.2) is 0 Å². The lowest BCUT2D eigenvalue weighted by atomic mass is 10.2. The highest BCUT2D eigenvalue weighted by Crippen LogP contribution is 1.95. The molecule has 0 aliphatic carbocycles. The molecule has 0 saturated carbocycles. The van der Waals surface area contributed by atoms with Crippen molar-refractivity contribution in [3.8, 4) is 0 Å². The van der Waals surface area contributed by atoms with Crippen molar-refractivity contribution in [3.63, 3.8) is 0 Å². The molecule has 4 heteroatoms. The van der Waals surface area contributed by atoms with Gasteiger partial charge in [0.2, 0.25) is 5.91 Å². The lowest BCUT2D eigenvalue weighted by molar-refractivity contribution is -0.126. The second-order valence-electron chi connectivity index (χ2n) is 4.22. The van der Waals surface area contributed by atoms with Crippen LogP contribution in [0.3, 0.4) is 0 Å². The Labute approximate surface area is 92.0 Å². The van der Waals surface area contributed by atoms with Gasteiger partial charge in [-0.15, -0.1) is 0 Å². The van der Waals surface area contributed by atoms with Crippen LogP contribution in [0.25, 0.3) is 0 Å². The van der Waals surface area contributed by atoms with Crippen molar-refractivity contribution < 1.29 is 9.59 Å². The summed E-state index contributed by atoms with van der Waals surface area (Å²) < 4.78 is 0. The summed E-state index contributed by atoms with van der Waals surface area (Å²) in [5.41, 5.74) is 0. The molecule has 1 amide bonds. The molecule has 0 aromatic heterocycles. The molecule has 1 N–H and O–H groups in total. The standard InChI is InChI=1S/C11H22N2O2/c1-8(2)13(5)7-6-11(15)12-9(3)10(4)14/h8-9H,6-7H2,1-5H3,(H,12,15)/t9-/m0/s1. The minimum Gasteiger partial charge on any atom is -0.347 e. The van der Waals surface area contributed by atoms with Crippen molar-refractivity contribution in [3.05, 3.63) is 0 Å². The molecule has 0 aromatic carbocycles. The summed E-state index contributed by atoms with van der Waals surface area (Å²) >= 11 is 0. The van der Waals surface area contributed by atoms with Crippen LogP contribution >= 0.6 is 0 Å². The number of amides is 1. The van der Waals surface area contributed by atoms with Gasteiger partial charge in [-0.2, -0.15) is 0 Å². The largest absolute Gasteiger partial charge is 0.347 e. The van der Waals surface area contributed by atoms with Gasteiger partial charge in [0, 0.05) is 19.0 Å². The molecule has 15 heavy (non-hydrogen) atoms. The van der Waals surface area contributed by atoms with Crippen LogP contribution in [0.1, 0.15) is 34.1 Å². The van der Waals surface area contributed by atoms with Gasteiger partial charge in [-0.25, -0.2) is 0 Å². The Morgan fingerprint density at radius 3 is 2.20 bits per heavy atom. The fraction of sp³-hybridized carbons (Fsp3) is 0.818. The summed E-state index contributed by atoms with van der Waals surface area (Å²) in [5.74, 6) is -0.0780. The number of nitrogens with zero attached hydrogens (tertiary/aromatic N) is 1. The minimum atomic E-state index is -0.373. The Bertz CT molecular complexity index is 227. The molecule has 0 bridgehead atoms. The molecular formula is C11H22N2O2. The van der Waals surface area contributed by atoms with Crippen molar-refractivity contribution in [2.24, 2.45) is 0 Å². The summed E-state index contributed by atoms with van der Waals surface area (Å²) in [4.78, 5) is 24.4. The number of Topliss-reactive ketones (excluding diaryl/α,β-unsaturated/α-hetero) is 1. The van der Waals surface area contributed by atoms with E-state index in [9.17, 15) is 9.59 Å². The second-order valence-corrected chi connectivity index (χ2v) is 4.22. The number of carbonyl (C=O) groups excluding carboxylic acids is 2. The van der Waals surface area contributed by atoms with Crippen LogP contribution in [0.5, 0.6) is 0 Å². The Balaban J connectivity index is 3.80. The molecule has 0 aliphatic rings. The van der Waals surface area contributed by atoms with Gasteiger partial charge in [-0.3, -0.25) is 9.59 Å². The molecule has 0 spiro atoms. The van der Waals surface area contributed by atoms with Crippen molar-refractivity contribution >= 4 is 11.7 Å². The van der Waals surface area contributed by atoms with Crippen molar-refractivity contribution in [2.75, 3.05) is 13.6 Å². The van der Waals surface area contributed by atoms with Gasteiger partial charge in [0.1, 0.15) is 0 Å². The average Bonchev–Trinajstić information content (AvgIpc) is 2.13. The van der Waals surface area contributed by atoms with Gasteiger partial charge in [0.15, 0.2) is 5.78 Å². The Morgan fingerprint density at radius 2 is 1.80 bits per heavy atom. The number of carbonyl (C=O) groups is 2. The fourth-order valence-electron chi connectivity index (χ4n) is 0.951. The van der Waals surface area contributed by atoms with E-state index in [1.54, 1.807) is 6.92 Å². The number of nitrogens with one attached hydrogen (secondary N) is 1. The fourth-order valence-corrected chi connectivity index (χ4v) is 0.951. The normalized spacial score (nSPS) is 13.0. The van der Waals surface area contributed by atoms with Crippen molar-refractivity contribution in [1.82, 2.24) is 10.2 Å². The third-order valence-electron chi connectivity index (χ3n) is 2.56. The Hall–Kier alpha value is -0.900. The van der Waals surface area contributed by atoms with Crippen molar-refractivity contribution in [2.45, 2.75) is 46.2 Å². The zero-order valence-corrected chi connectivity index (χ0v) is 10.3. The molecule has 0 aromatic rings. The molecule has 0 heterocycles. The third-order valence-corrected chi connectivity index (χ3v) is 2.56. The number of hydrogen-bond acceptors (Lipinski definition) is 3. The van der Waals surface area contributed by atoms with E-state index in [0.717, 1.165) is 0 Å². The maximum absolute atomic E-state index is 11.4. The van der Waals surface area contributed by atoms with Gasteiger partial charge in [0.05, 0.1) is 6.04 Å². The van der Waals surface area contributed by atoms with E-state index in [1.807, 2.05) is 7.05 Å². The molecule has 0 unspecified atom stereocenters. The minimum absolute atomic E-state index is 0.0134. The van der Waals surface area contributed by atoms with Gasteiger partial charge >= 0.3 is 0 Å². The zero-order chi connectivity index (χ0) is 12.0. The van der Waals surface area contributed by atoms with E-state index in [4.69, 9.17) is 0 Å². The highest BCUT2D eigenvalue weighted by atomic mass is 16.2. The first kappa shape index (κ1) is 14.1. The lowest BCUT2D eigenvalue weighted by Gasteiger charge is -2.20. The monoisotopic (exact) mass is 214 g/mol. The van der Waals surface area contributed by atoms with E-state index in [2.05, 4.69) is 24.1 Å². The SMILES string of the molecule is CC(=O)[C@H](C)NC(=O)CCN(C)C(C)C. The highest BCUT2D eigenvalue weighted by molar-refractivity contribution is 5.87. The van der Waals surface area contributed by atoms with Crippen LogP contribution in [-0.4, -0.2) is 42.3 Å². The molecule has 0 fully saturated rings. The van der Waals surface area contributed by atoms with E-state index in [1.165, 1.54) is 6.92 Å². The zero-order valence-electron chi connectivity index (χ0n) is 10.3. The molecule has 0 aliphatic heterocycles. The number of ketones is 1. The van der Waals surface area contributed by atoms with Crippen LogP contribution in [-0.2, 0) is 9.59 Å². The van der Waals surface area contributed by atoms with Crippen LogP contribution < -0.4 is 5.32 Å². The van der Waals surface area contributed by atoms with Gasteiger partial charge in [-0.05, 0) is 34.7 Å². The first-order chi connectivity index (χ1) is 6.84. The third kappa shape index (κ3) is 6.23. The quantitative estimate of drug-likeness (QED) is 0.712. The van der Waals surface area contributed by atoms with E-state index < -0.39 is 0 Å². The first-order valence-electron chi connectivity index (χ1n) is 5.34. The van der Waals surface area contributed by atoms with Gasteiger partial charge < -0.3 is 10.2 Å². The lowest BCUT2D eigenvalue weighted by Crippen LogP contribution is -2.39. The predicted octanol–water partition coefficient (Wildman–Crippen LogP) is 0.810. The topological polar surface area (TPSA) is 49.4 Å². The van der Waals surface area contributed by atoms with Gasteiger partial charge in [-0.1, -0.05) is 0 Å². The van der Waals surface area contributed by atoms with Crippen molar-refractivity contribution in [1.29, 1.82) is 0 Å². The average molecular weight is 214 g/mol. The molecule has 1 atom stereocenters. The number of rotatable bonds is 6. The summed E-state index contributed by atoms with van der Waals surface area (Å²) in [6.45, 7) is 8.05. The Morgan fingerprint density at radius 1 is 1.27 bits per heavy atom. The second kappa shape index (κ2) is 6.56. The van der Waals surface area contributed by atoms with E-state index in [-0.39, 0.29) is 17.7 Å². The highest BCUT2D eigenvalue weighted by Gasteiger charge is 2.12. The van der Waals surface area contributed by atoms with E-state index in [0.29, 0.717) is 19.0 Å². The van der Waals surface area contributed by atoms with Gasteiger partial charge in [0.25, 0.3) is 0 Å². The van der Waals surface area contributed by atoms with Crippen LogP contribution in [0.4, 0.5) is 0 Å². The summed E-state index contributed by atoms with van der Waals surface area (Å²) in [6, 6.07) is 0.0601. The first-order valence-corrected chi connectivity index (χ1v) is 5.34. The summed E-state index contributed by atoms with van der Waals surface area (Å²) in [6.07, 6.45) is 0.437. The molecule has 0 radical (unpaired) electrons. The molecule has 0 saturated heterocycles. The molecule has 0 rings (SSSR count). The predicted molar refractivity (Wildman–Crippen MR) is 60.7 cm³/mol. The summed E-state index contributed by atoms with van der Waals surface area (Å²) in [7, 11) is 1.98. The van der Waals surface area contributed by atoms with E-state index >= 15 is 0 Å². The molecule has 4 nitrogen and oxygen atoms in total. The summed E-state index contributed by atoms with van der Waals surface area (Å²) in [5, 5.41) is 2.66. The van der Waals surface area contributed by atoms with Crippen LogP contribution in [0, 0.1) is 0 Å². The maximum atomic E-state index is 11.4. The smallest absolute Gasteiger partial charge is 0.221 e. The maximum Gasteiger partial charge on any atom is 0.221 e. The molecular weight excluding hydrogens is 192 g/mol.